The van der Waals surface area contributed by atoms with Crippen LogP contribution in [0.3, 0.4) is 0 Å². The Morgan fingerprint density at radius 1 is 0.852 bits per heavy atom. The Labute approximate surface area is 162 Å². The van der Waals surface area contributed by atoms with Crippen LogP contribution in [0.4, 0.5) is 5.69 Å². The first-order chi connectivity index (χ1) is 13.2. The SMILES string of the molecule is CC[C@@H](C)c1ccc(NCCC(=O)c2ccc(-c3ccccc3)cc2)cc1. The highest BCUT2D eigenvalue weighted by atomic mass is 16.1. The second-order valence-corrected chi connectivity index (χ2v) is 6.97. The molecule has 3 rings (SSSR count). The molecule has 0 aromatic heterocycles. The van der Waals surface area contributed by atoms with Crippen molar-refractivity contribution in [2.75, 3.05) is 11.9 Å². The molecular formula is C25H27NO. The highest BCUT2D eigenvalue weighted by Crippen LogP contribution is 2.21. The van der Waals surface area contributed by atoms with E-state index < -0.39 is 0 Å². The quantitative estimate of drug-likeness (QED) is 0.463. The van der Waals surface area contributed by atoms with E-state index in [1.807, 2.05) is 42.5 Å². The minimum absolute atomic E-state index is 0.165. The second-order valence-electron chi connectivity index (χ2n) is 6.97. The number of hydrogen-bond donors (Lipinski definition) is 1. The minimum atomic E-state index is 0.165. The Hall–Kier alpha value is -2.87. The molecule has 0 heterocycles. The highest BCUT2D eigenvalue weighted by Gasteiger charge is 2.07. The van der Waals surface area contributed by atoms with Gasteiger partial charge >= 0.3 is 0 Å². The van der Waals surface area contributed by atoms with Crippen LogP contribution in [0.5, 0.6) is 0 Å². The fourth-order valence-electron chi connectivity index (χ4n) is 3.11. The Kier molecular flexibility index (Phi) is 6.43. The molecule has 1 atom stereocenters. The van der Waals surface area contributed by atoms with E-state index in [-0.39, 0.29) is 5.78 Å². The van der Waals surface area contributed by atoms with E-state index in [4.69, 9.17) is 0 Å². The van der Waals surface area contributed by atoms with Crippen LogP contribution < -0.4 is 5.32 Å². The maximum atomic E-state index is 12.4. The van der Waals surface area contributed by atoms with E-state index in [9.17, 15) is 4.79 Å². The number of carbonyl (C=O) groups is 1. The third-order valence-electron chi connectivity index (χ3n) is 5.09. The predicted octanol–water partition coefficient (Wildman–Crippen LogP) is 6.55. The normalized spacial score (nSPS) is 11.8. The van der Waals surface area contributed by atoms with Gasteiger partial charge in [0.1, 0.15) is 0 Å². The number of Topliss-reactive ketones (excluding diaryl/α,β-unsaturated/α-hetero) is 1. The van der Waals surface area contributed by atoms with E-state index in [1.165, 1.54) is 11.1 Å². The van der Waals surface area contributed by atoms with Gasteiger partial charge in [-0.05, 0) is 41.2 Å². The van der Waals surface area contributed by atoms with Gasteiger partial charge in [-0.3, -0.25) is 4.79 Å². The summed E-state index contributed by atoms with van der Waals surface area (Å²) in [6.07, 6.45) is 1.63. The molecule has 2 nitrogen and oxygen atoms in total. The fraction of sp³-hybridized carbons (Fsp3) is 0.240. The largest absolute Gasteiger partial charge is 0.385 e. The van der Waals surface area contributed by atoms with Crippen molar-refractivity contribution in [1.29, 1.82) is 0 Å². The third kappa shape index (κ3) is 5.07. The summed E-state index contributed by atoms with van der Waals surface area (Å²) in [5.41, 5.74) is 5.49. The maximum absolute atomic E-state index is 12.4. The van der Waals surface area contributed by atoms with Crippen LogP contribution in [0.1, 0.15) is 48.5 Å². The van der Waals surface area contributed by atoms with Gasteiger partial charge in [-0.2, -0.15) is 0 Å². The molecule has 0 bridgehead atoms. The molecule has 0 saturated heterocycles. The zero-order valence-electron chi connectivity index (χ0n) is 16.1. The van der Waals surface area contributed by atoms with E-state index >= 15 is 0 Å². The first-order valence-corrected chi connectivity index (χ1v) is 9.70. The van der Waals surface area contributed by atoms with Crippen LogP contribution in [0.15, 0.2) is 78.9 Å². The molecule has 0 unspecified atom stereocenters. The van der Waals surface area contributed by atoms with Crippen LogP contribution in [0.2, 0.25) is 0 Å². The van der Waals surface area contributed by atoms with Gasteiger partial charge in [0.2, 0.25) is 0 Å². The molecule has 2 heteroatoms. The summed E-state index contributed by atoms with van der Waals surface area (Å²) >= 11 is 0. The van der Waals surface area contributed by atoms with Gasteiger partial charge in [0.05, 0.1) is 0 Å². The van der Waals surface area contributed by atoms with Crippen LogP contribution in [0, 0.1) is 0 Å². The lowest BCUT2D eigenvalue weighted by Gasteiger charge is -2.11. The lowest BCUT2D eigenvalue weighted by molar-refractivity contribution is 0.0986. The van der Waals surface area contributed by atoms with Gasteiger partial charge in [-0.1, -0.05) is 80.6 Å². The zero-order valence-corrected chi connectivity index (χ0v) is 16.1. The van der Waals surface area contributed by atoms with Gasteiger partial charge < -0.3 is 5.32 Å². The Balaban J connectivity index is 1.52. The van der Waals surface area contributed by atoms with E-state index in [0.29, 0.717) is 18.9 Å². The number of anilines is 1. The molecule has 138 valence electrons. The van der Waals surface area contributed by atoms with Crippen molar-refractivity contribution < 1.29 is 4.79 Å². The van der Waals surface area contributed by atoms with Crippen LogP contribution in [-0.4, -0.2) is 12.3 Å². The average molecular weight is 357 g/mol. The van der Waals surface area contributed by atoms with Gasteiger partial charge in [0, 0.05) is 24.2 Å². The molecule has 0 aliphatic rings. The zero-order chi connectivity index (χ0) is 19.1. The first-order valence-electron chi connectivity index (χ1n) is 9.70. The standard InChI is InChI=1S/C25H27NO/c1-3-19(2)20-13-15-24(16-14-20)26-18-17-25(27)23-11-9-22(10-12-23)21-7-5-4-6-8-21/h4-16,19,26H,3,17-18H2,1-2H3/t19-/m1/s1. The maximum Gasteiger partial charge on any atom is 0.164 e. The Bertz CT molecular complexity index is 851. The predicted molar refractivity (Wildman–Crippen MR) is 114 cm³/mol. The summed E-state index contributed by atoms with van der Waals surface area (Å²) in [4.78, 5) is 12.4. The smallest absolute Gasteiger partial charge is 0.164 e. The number of nitrogens with one attached hydrogen (secondary N) is 1. The van der Waals surface area contributed by atoms with Crippen LogP contribution >= 0.6 is 0 Å². The monoisotopic (exact) mass is 357 g/mol. The average Bonchev–Trinajstić information content (AvgIpc) is 2.74. The summed E-state index contributed by atoms with van der Waals surface area (Å²) in [7, 11) is 0. The molecule has 0 aliphatic carbocycles. The first kappa shape index (κ1) is 18.9. The fourth-order valence-corrected chi connectivity index (χ4v) is 3.11. The van der Waals surface area contributed by atoms with Gasteiger partial charge in [0.25, 0.3) is 0 Å². The number of carbonyl (C=O) groups excluding carboxylic acids is 1. The lowest BCUT2D eigenvalue weighted by atomic mass is 9.98. The van der Waals surface area contributed by atoms with Crippen molar-refractivity contribution in [1.82, 2.24) is 0 Å². The van der Waals surface area contributed by atoms with Crippen LogP contribution in [-0.2, 0) is 0 Å². The number of benzene rings is 3. The summed E-state index contributed by atoms with van der Waals surface area (Å²) in [5, 5.41) is 3.35. The van der Waals surface area contributed by atoms with Gasteiger partial charge in [-0.25, -0.2) is 0 Å². The number of ketones is 1. The van der Waals surface area contributed by atoms with E-state index in [0.717, 1.165) is 23.2 Å². The van der Waals surface area contributed by atoms with Crippen molar-refractivity contribution >= 4 is 11.5 Å². The van der Waals surface area contributed by atoms with Gasteiger partial charge in [-0.15, -0.1) is 0 Å². The molecule has 0 fully saturated rings. The lowest BCUT2D eigenvalue weighted by Crippen LogP contribution is -2.09. The van der Waals surface area contributed by atoms with E-state index in [1.54, 1.807) is 0 Å². The third-order valence-corrected chi connectivity index (χ3v) is 5.09. The summed E-state index contributed by atoms with van der Waals surface area (Å²) in [5.74, 6) is 0.748. The van der Waals surface area contributed by atoms with Crippen molar-refractivity contribution in [3.8, 4) is 11.1 Å². The molecule has 3 aromatic carbocycles. The molecule has 0 aliphatic heterocycles. The highest BCUT2D eigenvalue weighted by molar-refractivity contribution is 5.96. The summed E-state index contributed by atoms with van der Waals surface area (Å²) < 4.78 is 0. The van der Waals surface area contributed by atoms with Crippen LogP contribution in [0.25, 0.3) is 11.1 Å². The minimum Gasteiger partial charge on any atom is -0.385 e. The van der Waals surface area contributed by atoms with Gasteiger partial charge in [0.15, 0.2) is 5.78 Å². The molecular weight excluding hydrogens is 330 g/mol. The molecule has 27 heavy (non-hydrogen) atoms. The summed E-state index contributed by atoms with van der Waals surface area (Å²) in [6.45, 7) is 5.08. The number of hydrogen-bond acceptors (Lipinski definition) is 2. The summed E-state index contributed by atoms with van der Waals surface area (Å²) in [6, 6.07) is 26.6. The molecule has 0 saturated carbocycles. The Morgan fingerprint density at radius 2 is 1.48 bits per heavy atom. The van der Waals surface area contributed by atoms with Crippen molar-refractivity contribution in [3.63, 3.8) is 0 Å². The molecule has 1 N–H and O–H groups in total. The molecule has 0 amide bonds. The van der Waals surface area contributed by atoms with Crippen molar-refractivity contribution in [2.24, 2.45) is 0 Å². The Morgan fingerprint density at radius 3 is 2.11 bits per heavy atom. The van der Waals surface area contributed by atoms with Crippen molar-refractivity contribution in [2.45, 2.75) is 32.6 Å². The number of rotatable bonds is 8. The molecule has 0 radical (unpaired) electrons. The topological polar surface area (TPSA) is 29.1 Å². The molecule has 0 spiro atoms. The second kappa shape index (κ2) is 9.18. The van der Waals surface area contributed by atoms with Crippen molar-refractivity contribution in [3.05, 3.63) is 90.0 Å². The molecule has 3 aromatic rings. The van der Waals surface area contributed by atoms with E-state index in [2.05, 4.69) is 55.6 Å².